The maximum absolute atomic E-state index is 12.8. The van der Waals surface area contributed by atoms with Crippen LogP contribution in [0.2, 0.25) is 5.02 Å². The molecule has 0 aliphatic carbocycles. The topological polar surface area (TPSA) is 77.4 Å². The summed E-state index contributed by atoms with van der Waals surface area (Å²) in [5, 5.41) is 16.0. The molecule has 0 bridgehead atoms. The van der Waals surface area contributed by atoms with Gasteiger partial charge in [-0.2, -0.15) is 5.10 Å². The number of benzene rings is 1. The van der Waals surface area contributed by atoms with E-state index in [1.807, 2.05) is 16.8 Å². The van der Waals surface area contributed by atoms with Gasteiger partial charge in [0, 0.05) is 38.3 Å². The molecule has 3 aromatic rings. The van der Waals surface area contributed by atoms with E-state index in [2.05, 4.69) is 26.9 Å². The third-order valence-electron chi connectivity index (χ3n) is 5.42. The molecule has 7 nitrogen and oxygen atoms in total. The molecule has 148 valence electrons. The number of aryl methyl sites for hydroxylation is 1. The Balaban J connectivity index is 1.72. The molecular formula is C20H24ClN5O2. The standard InChI is InChI=1S/C20H24ClN5O2/c1-13-16-18(27)19(28)17(14-5-3-4-6-15(14)21)22-20(16)26(23-13)12-11-25-9-7-24(2)8-10-25/h3-6,28H,7-12H2,1-2H3,(H,22,27). The summed E-state index contributed by atoms with van der Waals surface area (Å²) in [6.45, 7) is 7.47. The van der Waals surface area contributed by atoms with E-state index < -0.39 is 5.43 Å². The SMILES string of the molecule is Cc1nn(CCN2CCN(C)CC2)c2[nH]c(-c3ccccc3Cl)c(O)c(=O)c12. The van der Waals surface area contributed by atoms with Crippen LogP contribution in [0, 0.1) is 6.92 Å². The first kappa shape index (κ1) is 19.0. The van der Waals surface area contributed by atoms with Gasteiger partial charge in [0.2, 0.25) is 5.43 Å². The van der Waals surface area contributed by atoms with Crippen LogP contribution in [0.3, 0.4) is 0 Å². The second kappa shape index (κ2) is 7.58. The van der Waals surface area contributed by atoms with Crippen LogP contribution in [0.5, 0.6) is 5.75 Å². The van der Waals surface area contributed by atoms with Crippen LogP contribution in [0.25, 0.3) is 22.3 Å². The number of hydrogen-bond acceptors (Lipinski definition) is 5. The number of halogens is 1. The van der Waals surface area contributed by atoms with E-state index in [1.165, 1.54) is 0 Å². The van der Waals surface area contributed by atoms with E-state index >= 15 is 0 Å². The van der Waals surface area contributed by atoms with Crippen molar-refractivity contribution >= 4 is 22.6 Å². The van der Waals surface area contributed by atoms with Gasteiger partial charge in [0.05, 0.1) is 28.3 Å². The number of aromatic hydroxyl groups is 1. The number of aromatic amines is 1. The van der Waals surface area contributed by atoms with Gasteiger partial charge in [-0.15, -0.1) is 0 Å². The second-order valence-corrected chi connectivity index (χ2v) is 7.74. The molecule has 0 amide bonds. The van der Waals surface area contributed by atoms with Crippen molar-refractivity contribution in [1.29, 1.82) is 0 Å². The van der Waals surface area contributed by atoms with Gasteiger partial charge in [-0.25, -0.2) is 4.68 Å². The summed E-state index contributed by atoms with van der Waals surface area (Å²) in [5.41, 5.74) is 1.71. The highest BCUT2D eigenvalue weighted by molar-refractivity contribution is 6.33. The fourth-order valence-corrected chi connectivity index (χ4v) is 3.95. The summed E-state index contributed by atoms with van der Waals surface area (Å²) in [6.07, 6.45) is 0. The van der Waals surface area contributed by atoms with Gasteiger partial charge in [0.15, 0.2) is 5.75 Å². The molecule has 1 aromatic carbocycles. The first-order valence-corrected chi connectivity index (χ1v) is 9.81. The number of nitrogens with zero attached hydrogens (tertiary/aromatic N) is 4. The highest BCUT2D eigenvalue weighted by atomic mass is 35.5. The van der Waals surface area contributed by atoms with Gasteiger partial charge in [-0.05, 0) is 20.0 Å². The maximum Gasteiger partial charge on any atom is 0.235 e. The molecule has 0 radical (unpaired) electrons. The molecule has 4 rings (SSSR count). The smallest absolute Gasteiger partial charge is 0.235 e. The van der Waals surface area contributed by atoms with E-state index in [-0.39, 0.29) is 5.75 Å². The summed E-state index contributed by atoms with van der Waals surface area (Å²) < 4.78 is 1.82. The lowest BCUT2D eigenvalue weighted by Gasteiger charge is -2.32. The molecule has 0 saturated carbocycles. The quantitative estimate of drug-likeness (QED) is 0.701. The molecule has 0 unspecified atom stereocenters. The molecule has 0 atom stereocenters. The fraction of sp³-hybridized carbons (Fsp3) is 0.400. The van der Waals surface area contributed by atoms with E-state index in [4.69, 9.17) is 11.6 Å². The van der Waals surface area contributed by atoms with E-state index in [9.17, 15) is 9.90 Å². The minimum absolute atomic E-state index is 0.323. The molecule has 1 fully saturated rings. The Hall–Kier alpha value is -2.35. The second-order valence-electron chi connectivity index (χ2n) is 7.33. The summed E-state index contributed by atoms with van der Waals surface area (Å²) in [4.78, 5) is 20.8. The summed E-state index contributed by atoms with van der Waals surface area (Å²) in [7, 11) is 2.13. The van der Waals surface area contributed by atoms with Gasteiger partial charge in [0.1, 0.15) is 5.65 Å². The number of fused-ring (bicyclic) bond motifs is 1. The molecule has 8 heteroatoms. The molecule has 1 saturated heterocycles. The van der Waals surface area contributed by atoms with Crippen molar-refractivity contribution in [3.63, 3.8) is 0 Å². The zero-order valence-electron chi connectivity index (χ0n) is 16.1. The van der Waals surface area contributed by atoms with Crippen LogP contribution < -0.4 is 5.43 Å². The highest BCUT2D eigenvalue weighted by Crippen LogP contribution is 2.32. The van der Waals surface area contributed by atoms with Gasteiger partial charge < -0.3 is 15.0 Å². The Labute approximate surface area is 168 Å². The lowest BCUT2D eigenvalue weighted by molar-refractivity contribution is 0.149. The van der Waals surface area contributed by atoms with Gasteiger partial charge in [-0.1, -0.05) is 29.8 Å². The number of pyridine rings is 1. The average molecular weight is 402 g/mol. The van der Waals surface area contributed by atoms with E-state index in [0.29, 0.717) is 39.6 Å². The summed E-state index contributed by atoms with van der Waals surface area (Å²) >= 11 is 6.29. The molecular weight excluding hydrogens is 378 g/mol. The van der Waals surface area contributed by atoms with Crippen molar-refractivity contribution in [2.24, 2.45) is 0 Å². The first-order valence-electron chi connectivity index (χ1n) is 9.44. The molecule has 1 aliphatic rings. The normalized spacial score (nSPS) is 16.1. The van der Waals surface area contributed by atoms with Crippen LogP contribution >= 0.6 is 11.6 Å². The van der Waals surface area contributed by atoms with Crippen LogP contribution in [-0.2, 0) is 6.54 Å². The first-order chi connectivity index (χ1) is 13.5. The highest BCUT2D eigenvalue weighted by Gasteiger charge is 2.21. The van der Waals surface area contributed by atoms with E-state index in [1.54, 1.807) is 19.1 Å². The largest absolute Gasteiger partial charge is 0.503 e. The number of rotatable bonds is 4. The van der Waals surface area contributed by atoms with Gasteiger partial charge >= 0.3 is 0 Å². The van der Waals surface area contributed by atoms with Gasteiger partial charge in [-0.3, -0.25) is 9.69 Å². The van der Waals surface area contributed by atoms with Crippen LogP contribution in [0.4, 0.5) is 0 Å². The Morgan fingerprint density at radius 2 is 1.89 bits per heavy atom. The van der Waals surface area contributed by atoms with Crippen molar-refractivity contribution < 1.29 is 5.11 Å². The predicted octanol–water partition coefficient (Wildman–Crippen LogP) is 2.31. The monoisotopic (exact) mass is 401 g/mol. The zero-order valence-corrected chi connectivity index (χ0v) is 16.8. The molecule has 2 N–H and O–H groups in total. The number of likely N-dealkylation sites (N-methyl/N-ethyl adjacent to an activating group) is 1. The maximum atomic E-state index is 12.8. The van der Waals surface area contributed by atoms with Crippen molar-refractivity contribution in [1.82, 2.24) is 24.6 Å². The Kier molecular flexibility index (Phi) is 5.14. The third-order valence-corrected chi connectivity index (χ3v) is 5.75. The van der Waals surface area contributed by atoms with Crippen LogP contribution in [0.15, 0.2) is 29.1 Å². The summed E-state index contributed by atoms with van der Waals surface area (Å²) in [6, 6.07) is 7.13. The van der Waals surface area contributed by atoms with Crippen molar-refractivity contribution in [3.05, 3.63) is 45.2 Å². The number of aromatic nitrogens is 3. The number of H-pyrrole nitrogens is 1. The third kappa shape index (κ3) is 3.41. The molecule has 3 heterocycles. The number of nitrogens with one attached hydrogen (secondary N) is 1. The zero-order chi connectivity index (χ0) is 19.8. The lowest BCUT2D eigenvalue weighted by atomic mass is 10.1. The fourth-order valence-electron chi connectivity index (χ4n) is 3.72. The predicted molar refractivity (Wildman–Crippen MR) is 111 cm³/mol. The van der Waals surface area contributed by atoms with Gasteiger partial charge in [0.25, 0.3) is 0 Å². The average Bonchev–Trinajstić information content (AvgIpc) is 3.00. The van der Waals surface area contributed by atoms with E-state index in [0.717, 1.165) is 32.7 Å². The molecule has 28 heavy (non-hydrogen) atoms. The number of hydrogen-bond donors (Lipinski definition) is 2. The minimum atomic E-state index is -0.424. The van der Waals surface area contributed by atoms with Crippen molar-refractivity contribution in [2.75, 3.05) is 39.8 Å². The lowest BCUT2D eigenvalue weighted by Crippen LogP contribution is -2.45. The molecule has 2 aromatic heterocycles. The molecule has 1 aliphatic heterocycles. The van der Waals surface area contributed by atoms with Crippen molar-refractivity contribution in [3.8, 4) is 17.0 Å². The summed E-state index contributed by atoms with van der Waals surface area (Å²) in [5.74, 6) is -0.331. The minimum Gasteiger partial charge on any atom is -0.503 e. The Morgan fingerprint density at radius 1 is 1.18 bits per heavy atom. The number of piperazine rings is 1. The van der Waals surface area contributed by atoms with Crippen LogP contribution in [0.1, 0.15) is 5.69 Å². The Morgan fingerprint density at radius 3 is 2.61 bits per heavy atom. The Bertz CT molecular complexity index is 1070. The molecule has 0 spiro atoms. The van der Waals surface area contributed by atoms with Crippen LogP contribution in [-0.4, -0.2) is 69.4 Å². The van der Waals surface area contributed by atoms with Crippen molar-refractivity contribution in [2.45, 2.75) is 13.5 Å².